The first-order chi connectivity index (χ1) is 4.22. The number of hydrogen-bond acceptors (Lipinski definition) is 1. The summed E-state index contributed by atoms with van der Waals surface area (Å²) in [6.07, 6.45) is 1.88. The lowest BCUT2D eigenvalue weighted by atomic mass is 10.1. The molecule has 0 saturated heterocycles. The van der Waals surface area contributed by atoms with Crippen LogP contribution in [0.25, 0.3) is 0 Å². The highest BCUT2D eigenvalue weighted by molar-refractivity contribution is 9.12. The molecule has 0 radical (unpaired) electrons. The van der Waals surface area contributed by atoms with Crippen molar-refractivity contribution in [2.45, 2.75) is 13.8 Å². The summed E-state index contributed by atoms with van der Waals surface area (Å²) < 4.78 is 1.18. The van der Waals surface area contributed by atoms with Gasteiger partial charge in [-0.15, -0.1) is 0 Å². The highest BCUT2D eigenvalue weighted by atomic mass is 79.9. The van der Waals surface area contributed by atoms with E-state index in [0.29, 0.717) is 5.92 Å². The molecule has 0 aromatic carbocycles. The molecule has 0 bridgehead atoms. The summed E-state index contributed by atoms with van der Waals surface area (Å²) in [7, 11) is 0. The Morgan fingerprint density at radius 3 is 2.56 bits per heavy atom. The molecule has 0 saturated carbocycles. The molecule has 1 rings (SSSR count). The Morgan fingerprint density at radius 2 is 2.33 bits per heavy atom. The van der Waals surface area contributed by atoms with Crippen LogP contribution in [0.4, 0.5) is 0 Å². The van der Waals surface area contributed by atoms with Crippen molar-refractivity contribution in [3.63, 3.8) is 0 Å². The van der Waals surface area contributed by atoms with Crippen molar-refractivity contribution in [2.24, 2.45) is 10.9 Å². The third-order valence-corrected chi connectivity index (χ3v) is 2.18. The van der Waals surface area contributed by atoms with Crippen LogP contribution in [0.2, 0.25) is 0 Å². The SMILES string of the molecule is CC(C)C1=C(Br)C=NC1. The second kappa shape index (κ2) is 2.65. The topological polar surface area (TPSA) is 12.4 Å². The second-order valence-electron chi connectivity index (χ2n) is 2.50. The lowest BCUT2D eigenvalue weighted by Crippen LogP contribution is -1.95. The van der Waals surface area contributed by atoms with Crippen LogP contribution in [0.5, 0.6) is 0 Å². The number of aliphatic imine (C=N–C) groups is 1. The van der Waals surface area contributed by atoms with Gasteiger partial charge in [0, 0.05) is 10.7 Å². The van der Waals surface area contributed by atoms with E-state index in [9.17, 15) is 0 Å². The maximum atomic E-state index is 4.12. The lowest BCUT2D eigenvalue weighted by Gasteiger charge is -2.03. The summed E-state index contributed by atoms with van der Waals surface area (Å²) in [5, 5.41) is 0. The molecule has 0 aromatic rings. The van der Waals surface area contributed by atoms with E-state index < -0.39 is 0 Å². The molecule has 0 aliphatic carbocycles. The van der Waals surface area contributed by atoms with Crippen molar-refractivity contribution >= 4 is 22.1 Å². The zero-order valence-electron chi connectivity index (χ0n) is 5.69. The smallest absolute Gasteiger partial charge is 0.0617 e. The summed E-state index contributed by atoms with van der Waals surface area (Å²) >= 11 is 3.44. The standard InChI is InChI=1S/C7H10BrN/c1-5(2)6-3-9-4-7(6)8/h4-5H,3H2,1-2H3. The minimum atomic E-state index is 0.627. The predicted molar refractivity (Wildman–Crippen MR) is 44.2 cm³/mol. The number of rotatable bonds is 1. The van der Waals surface area contributed by atoms with Gasteiger partial charge >= 0.3 is 0 Å². The van der Waals surface area contributed by atoms with Crippen LogP contribution in [0.1, 0.15) is 13.8 Å². The van der Waals surface area contributed by atoms with Crippen LogP contribution in [0, 0.1) is 5.92 Å². The minimum Gasteiger partial charge on any atom is -0.288 e. The van der Waals surface area contributed by atoms with Gasteiger partial charge in [-0.2, -0.15) is 0 Å². The van der Waals surface area contributed by atoms with Crippen molar-refractivity contribution in [3.8, 4) is 0 Å². The van der Waals surface area contributed by atoms with Crippen molar-refractivity contribution in [1.82, 2.24) is 0 Å². The fraction of sp³-hybridized carbons (Fsp3) is 0.571. The average Bonchev–Trinajstić information content (AvgIpc) is 2.13. The molecule has 0 unspecified atom stereocenters. The molecule has 0 amide bonds. The molecule has 1 aliphatic rings. The first-order valence-electron chi connectivity index (χ1n) is 3.10. The van der Waals surface area contributed by atoms with E-state index in [4.69, 9.17) is 0 Å². The Kier molecular flexibility index (Phi) is 2.06. The van der Waals surface area contributed by atoms with E-state index in [1.165, 1.54) is 10.1 Å². The Bertz CT molecular complexity index is 168. The van der Waals surface area contributed by atoms with Gasteiger partial charge in [-0.3, -0.25) is 4.99 Å². The highest BCUT2D eigenvalue weighted by Crippen LogP contribution is 2.22. The molecule has 0 N–H and O–H groups in total. The molecule has 0 aromatic heterocycles. The Labute approximate surface area is 64.0 Å². The quantitative estimate of drug-likeness (QED) is 0.599. The molecule has 0 fully saturated rings. The van der Waals surface area contributed by atoms with Gasteiger partial charge in [0.2, 0.25) is 0 Å². The number of hydrogen-bond donors (Lipinski definition) is 0. The molecule has 1 aliphatic heterocycles. The summed E-state index contributed by atoms with van der Waals surface area (Å²) in [6.45, 7) is 5.26. The molecule has 50 valence electrons. The maximum Gasteiger partial charge on any atom is 0.0617 e. The summed E-state index contributed by atoms with van der Waals surface area (Å²) in [5.41, 5.74) is 1.41. The van der Waals surface area contributed by atoms with Crippen molar-refractivity contribution in [2.75, 3.05) is 6.54 Å². The number of halogens is 1. The van der Waals surface area contributed by atoms with Crippen molar-refractivity contribution in [1.29, 1.82) is 0 Å². The van der Waals surface area contributed by atoms with Crippen LogP contribution in [-0.2, 0) is 0 Å². The third kappa shape index (κ3) is 1.42. The largest absolute Gasteiger partial charge is 0.288 e. The summed E-state index contributed by atoms with van der Waals surface area (Å²) in [6, 6.07) is 0. The van der Waals surface area contributed by atoms with E-state index in [0.717, 1.165) is 6.54 Å². The monoisotopic (exact) mass is 187 g/mol. The van der Waals surface area contributed by atoms with E-state index in [1.54, 1.807) is 0 Å². The van der Waals surface area contributed by atoms with Crippen molar-refractivity contribution < 1.29 is 0 Å². The van der Waals surface area contributed by atoms with E-state index in [-0.39, 0.29) is 0 Å². The predicted octanol–water partition coefficient (Wildman–Crippen LogP) is 2.38. The zero-order chi connectivity index (χ0) is 6.85. The van der Waals surface area contributed by atoms with Gasteiger partial charge in [-0.05, 0) is 27.4 Å². The molecular formula is C7H10BrN. The van der Waals surface area contributed by atoms with Crippen LogP contribution in [0.3, 0.4) is 0 Å². The van der Waals surface area contributed by atoms with Gasteiger partial charge < -0.3 is 0 Å². The maximum absolute atomic E-state index is 4.12. The first kappa shape index (κ1) is 7.00. The molecule has 0 spiro atoms. The number of nitrogens with zero attached hydrogens (tertiary/aromatic N) is 1. The molecule has 2 heteroatoms. The average molecular weight is 188 g/mol. The highest BCUT2D eigenvalue weighted by Gasteiger charge is 2.10. The Balaban J connectivity index is 2.73. The van der Waals surface area contributed by atoms with Gasteiger partial charge in [-0.1, -0.05) is 13.8 Å². The van der Waals surface area contributed by atoms with Crippen molar-refractivity contribution in [3.05, 3.63) is 10.1 Å². The van der Waals surface area contributed by atoms with Gasteiger partial charge in [0.25, 0.3) is 0 Å². The zero-order valence-corrected chi connectivity index (χ0v) is 7.27. The van der Waals surface area contributed by atoms with E-state index in [1.807, 2.05) is 6.21 Å². The Morgan fingerprint density at radius 1 is 1.67 bits per heavy atom. The fourth-order valence-electron chi connectivity index (χ4n) is 0.841. The molecule has 1 nitrogen and oxygen atoms in total. The van der Waals surface area contributed by atoms with Crippen LogP contribution < -0.4 is 0 Å². The van der Waals surface area contributed by atoms with Gasteiger partial charge in [0.15, 0.2) is 0 Å². The first-order valence-corrected chi connectivity index (χ1v) is 3.89. The molecular weight excluding hydrogens is 178 g/mol. The second-order valence-corrected chi connectivity index (χ2v) is 3.35. The Hall–Kier alpha value is -0.110. The number of allylic oxidation sites excluding steroid dienone is 1. The van der Waals surface area contributed by atoms with Crippen LogP contribution >= 0.6 is 15.9 Å². The summed E-state index contributed by atoms with van der Waals surface area (Å²) in [5.74, 6) is 0.627. The summed E-state index contributed by atoms with van der Waals surface area (Å²) in [4.78, 5) is 4.12. The van der Waals surface area contributed by atoms with Gasteiger partial charge in [-0.25, -0.2) is 0 Å². The van der Waals surface area contributed by atoms with Gasteiger partial charge in [0.05, 0.1) is 6.54 Å². The third-order valence-electron chi connectivity index (χ3n) is 1.47. The lowest BCUT2D eigenvalue weighted by molar-refractivity contribution is 0.753. The fourth-order valence-corrected chi connectivity index (χ4v) is 1.57. The molecule has 1 heterocycles. The minimum absolute atomic E-state index is 0.627. The normalized spacial score (nSPS) is 18.2. The van der Waals surface area contributed by atoms with E-state index >= 15 is 0 Å². The van der Waals surface area contributed by atoms with Gasteiger partial charge in [0.1, 0.15) is 0 Å². The molecule has 9 heavy (non-hydrogen) atoms. The molecule has 0 atom stereocenters. The van der Waals surface area contributed by atoms with Crippen LogP contribution in [-0.4, -0.2) is 12.8 Å². The van der Waals surface area contributed by atoms with E-state index in [2.05, 4.69) is 34.8 Å². The van der Waals surface area contributed by atoms with Crippen LogP contribution in [0.15, 0.2) is 15.0 Å².